The van der Waals surface area contributed by atoms with Crippen LogP contribution in [0.4, 0.5) is 26.3 Å². The molecule has 0 saturated carbocycles. The van der Waals surface area contributed by atoms with Crippen LogP contribution in [0.2, 0.25) is 20.1 Å². The molecule has 0 spiro atoms. The maximum Gasteiger partial charge on any atom is 0.435 e. The van der Waals surface area contributed by atoms with Gasteiger partial charge in [0, 0.05) is 44.1 Å². The Morgan fingerprint density at radius 1 is 0.655 bits per heavy atom. The summed E-state index contributed by atoms with van der Waals surface area (Å²) in [6, 6.07) is 16.0. The second-order valence-electron chi connectivity index (χ2n) is 12.4. The zero-order valence-electron chi connectivity index (χ0n) is 28.5. The molecule has 55 heavy (non-hydrogen) atoms. The van der Waals surface area contributed by atoms with Crippen molar-refractivity contribution in [2.75, 3.05) is 7.11 Å². The molecule has 2 heterocycles. The molecule has 2 aliphatic heterocycles. The van der Waals surface area contributed by atoms with Crippen molar-refractivity contribution in [3.05, 3.63) is 137 Å². The van der Waals surface area contributed by atoms with Crippen molar-refractivity contribution in [3.63, 3.8) is 0 Å². The number of aryl methyl sites for hydroxylation is 2. The van der Waals surface area contributed by atoms with Crippen LogP contribution in [0.25, 0.3) is 0 Å². The highest BCUT2D eigenvalue weighted by Crippen LogP contribution is 2.51. The van der Waals surface area contributed by atoms with Gasteiger partial charge in [0.25, 0.3) is 11.2 Å². The van der Waals surface area contributed by atoms with Gasteiger partial charge in [-0.25, -0.2) is 9.59 Å². The first-order valence-corrected chi connectivity index (χ1v) is 17.2. The molecule has 8 nitrogen and oxygen atoms in total. The van der Waals surface area contributed by atoms with Crippen molar-refractivity contribution in [2.45, 2.75) is 50.2 Å². The van der Waals surface area contributed by atoms with E-state index in [-0.39, 0.29) is 48.2 Å². The molecule has 1 N–H and O–H groups in total. The van der Waals surface area contributed by atoms with Crippen molar-refractivity contribution in [1.82, 2.24) is 0 Å². The zero-order valence-corrected chi connectivity index (χ0v) is 31.5. The van der Waals surface area contributed by atoms with E-state index in [0.717, 1.165) is 24.3 Å². The van der Waals surface area contributed by atoms with Gasteiger partial charge in [-0.1, -0.05) is 68.8 Å². The molecule has 0 amide bonds. The number of carbonyl (C=O) groups is 2. The van der Waals surface area contributed by atoms with E-state index in [9.17, 15) is 35.9 Å². The van der Waals surface area contributed by atoms with E-state index < -0.39 is 48.3 Å². The van der Waals surface area contributed by atoms with Gasteiger partial charge in [0.2, 0.25) is 0 Å². The van der Waals surface area contributed by atoms with Crippen LogP contribution < -0.4 is 0 Å². The number of oxime groups is 2. The third kappa shape index (κ3) is 8.37. The minimum Gasteiger partial charge on any atom is -0.478 e. The quantitative estimate of drug-likeness (QED) is 0.153. The number of rotatable bonds is 6. The molecule has 4 aromatic carbocycles. The highest BCUT2D eigenvalue weighted by atomic mass is 35.5. The molecular formula is C37H26Cl4F6N2O6. The second-order valence-corrected chi connectivity index (χ2v) is 14.2. The van der Waals surface area contributed by atoms with Crippen LogP contribution in [0.3, 0.4) is 0 Å². The van der Waals surface area contributed by atoms with Gasteiger partial charge in [-0.15, -0.1) is 0 Å². The summed E-state index contributed by atoms with van der Waals surface area (Å²) in [6.45, 7) is 3.21. The summed E-state index contributed by atoms with van der Waals surface area (Å²) in [5.74, 6) is -1.66. The average molecular weight is 850 g/mol. The summed E-state index contributed by atoms with van der Waals surface area (Å²) in [5.41, 5.74) is -3.72. The van der Waals surface area contributed by atoms with Gasteiger partial charge in [-0.05, 0) is 96.8 Å². The Hall–Kier alpha value is -4.50. The number of alkyl halides is 6. The number of benzene rings is 4. The average Bonchev–Trinajstić information content (AvgIpc) is 3.75. The van der Waals surface area contributed by atoms with E-state index in [4.69, 9.17) is 61.2 Å². The van der Waals surface area contributed by atoms with Gasteiger partial charge in [0.05, 0.1) is 29.7 Å². The molecule has 0 bridgehead atoms. The van der Waals surface area contributed by atoms with Crippen LogP contribution >= 0.6 is 46.4 Å². The van der Waals surface area contributed by atoms with Crippen molar-refractivity contribution in [1.29, 1.82) is 0 Å². The minimum atomic E-state index is -4.79. The van der Waals surface area contributed by atoms with E-state index in [1.54, 1.807) is 19.9 Å². The lowest BCUT2D eigenvalue weighted by molar-refractivity contribution is -0.276. The molecule has 4 aromatic rings. The number of carboxylic acid groups (broad SMARTS) is 1. The number of hydrogen-bond donors (Lipinski definition) is 1. The predicted molar refractivity (Wildman–Crippen MR) is 194 cm³/mol. The van der Waals surface area contributed by atoms with Crippen LogP contribution in [0.15, 0.2) is 83.1 Å². The Labute approximate surface area is 329 Å². The lowest BCUT2D eigenvalue weighted by atomic mass is 9.86. The summed E-state index contributed by atoms with van der Waals surface area (Å²) in [7, 11) is 1.25. The number of aromatic carboxylic acids is 1. The standard InChI is InChI=1S/C19H14Cl2F3NO3.C18H12Cl2F3NO3/c1-10-5-11(3-4-15(10)17(26)27-2)16-9-18(28-25-16,19(22,23)24)12-6-13(20)8-14(21)7-12;1-9-4-10(2-3-14(9)16(25)26)15-8-17(27-24-15,18(21,22)23)11-5-12(19)7-13(20)6-11/h3-8H,9H2,1-2H3;2-7H,8H2,1H3,(H,25,26). The van der Waals surface area contributed by atoms with E-state index in [2.05, 4.69) is 15.0 Å². The SMILES string of the molecule is COC(=O)c1ccc(C2=NOC(c3cc(Cl)cc(Cl)c3)(C(F)(F)F)C2)cc1C.Cc1cc(C2=NOC(c3cc(Cl)cc(Cl)c3)(C(F)(F)F)C2)ccc1C(=O)O. The fourth-order valence-corrected chi connectivity index (χ4v) is 7.01. The second kappa shape index (κ2) is 15.6. The van der Waals surface area contributed by atoms with Gasteiger partial charge in [0.1, 0.15) is 0 Å². The molecular weight excluding hydrogens is 824 g/mol. The van der Waals surface area contributed by atoms with Crippen LogP contribution in [-0.4, -0.2) is 47.9 Å². The van der Waals surface area contributed by atoms with Gasteiger partial charge in [-0.2, -0.15) is 26.3 Å². The van der Waals surface area contributed by atoms with Crippen LogP contribution in [-0.2, 0) is 25.6 Å². The smallest absolute Gasteiger partial charge is 0.435 e. The first-order valence-electron chi connectivity index (χ1n) is 15.7. The fourth-order valence-electron chi connectivity index (χ4n) is 5.96. The Bertz CT molecular complexity index is 2210. The monoisotopic (exact) mass is 848 g/mol. The fraction of sp³-hybridized carbons (Fsp3) is 0.243. The lowest BCUT2D eigenvalue weighted by Gasteiger charge is -2.29. The molecule has 0 saturated heterocycles. The number of nitrogens with zero attached hydrogens (tertiary/aromatic N) is 2. The van der Waals surface area contributed by atoms with E-state index in [1.165, 1.54) is 49.6 Å². The van der Waals surface area contributed by atoms with E-state index in [0.29, 0.717) is 27.8 Å². The van der Waals surface area contributed by atoms with Crippen LogP contribution in [0, 0.1) is 13.8 Å². The maximum atomic E-state index is 14.0. The van der Waals surface area contributed by atoms with E-state index >= 15 is 0 Å². The minimum absolute atomic E-state index is 0.0415. The Morgan fingerprint density at radius 2 is 1.02 bits per heavy atom. The summed E-state index contributed by atoms with van der Waals surface area (Å²) in [4.78, 5) is 32.7. The number of halogens is 10. The number of esters is 1. The first kappa shape index (κ1) is 41.7. The van der Waals surface area contributed by atoms with Crippen molar-refractivity contribution in [3.8, 4) is 0 Å². The summed E-state index contributed by atoms with van der Waals surface area (Å²) >= 11 is 23.5. The van der Waals surface area contributed by atoms with Crippen molar-refractivity contribution >= 4 is 69.8 Å². The normalized spacial score (nSPS) is 19.4. The number of methoxy groups -OCH3 is 1. The van der Waals surface area contributed by atoms with Crippen molar-refractivity contribution in [2.24, 2.45) is 10.3 Å². The molecule has 0 fully saturated rings. The Kier molecular flexibility index (Phi) is 11.8. The molecule has 290 valence electrons. The Balaban J connectivity index is 0.000000211. The zero-order chi connectivity index (χ0) is 40.7. The number of carboxylic acids is 1. The van der Waals surface area contributed by atoms with Gasteiger partial charge in [0.15, 0.2) is 0 Å². The molecule has 0 aromatic heterocycles. The third-order valence-electron chi connectivity index (χ3n) is 8.78. The summed E-state index contributed by atoms with van der Waals surface area (Å²) in [5, 5.41) is 16.6. The first-order chi connectivity index (χ1) is 25.6. The largest absolute Gasteiger partial charge is 0.478 e. The highest BCUT2D eigenvalue weighted by molar-refractivity contribution is 6.35. The molecule has 2 unspecified atom stereocenters. The molecule has 2 aliphatic rings. The molecule has 18 heteroatoms. The van der Waals surface area contributed by atoms with Gasteiger partial charge in [-0.3, -0.25) is 0 Å². The number of carbonyl (C=O) groups excluding carboxylic acids is 1. The number of hydrogen-bond acceptors (Lipinski definition) is 7. The predicted octanol–water partition coefficient (Wildman–Crippen LogP) is 11.3. The Morgan fingerprint density at radius 3 is 1.33 bits per heavy atom. The topological polar surface area (TPSA) is 107 Å². The molecule has 2 atom stereocenters. The van der Waals surface area contributed by atoms with Crippen LogP contribution in [0.5, 0.6) is 0 Å². The number of ether oxygens (including phenoxy) is 1. The molecule has 6 rings (SSSR count). The maximum absolute atomic E-state index is 14.0. The summed E-state index contributed by atoms with van der Waals surface area (Å²) in [6.07, 6.45) is -10.7. The molecule has 0 radical (unpaired) electrons. The van der Waals surface area contributed by atoms with Gasteiger partial charge < -0.3 is 19.5 Å². The van der Waals surface area contributed by atoms with Gasteiger partial charge >= 0.3 is 24.3 Å². The highest BCUT2D eigenvalue weighted by Gasteiger charge is 2.63. The van der Waals surface area contributed by atoms with Crippen molar-refractivity contribution < 1.29 is 55.5 Å². The van der Waals surface area contributed by atoms with Crippen LogP contribution in [0.1, 0.15) is 66.9 Å². The molecule has 0 aliphatic carbocycles. The summed E-state index contributed by atoms with van der Waals surface area (Å²) < 4.78 is 88.5. The third-order valence-corrected chi connectivity index (χ3v) is 9.66. The van der Waals surface area contributed by atoms with E-state index in [1.807, 2.05) is 0 Å². The lowest BCUT2D eigenvalue weighted by Crippen LogP contribution is -2.42.